The Kier molecular flexibility index (Phi) is 5.47. The number of halogens is 4. The van der Waals surface area contributed by atoms with E-state index in [1.54, 1.807) is 0 Å². The fourth-order valence-electron chi connectivity index (χ4n) is 3.72. The maximum Gasteiger partial charge on any atom is 0.408 e. The lowest BCUT2D eigenvalue weighted by Gasteiger charge is -2.40. The lowest BCUT2D eigenvalue weighted by atomic mass is 10.1. The lowest BCUT2D eigenvalue weighted by Crippen LogP contribution is -2.52. The van der Waals surface area contributed by atoms with Crippen molar-refractivity contribution < 1.29 is 17.9 Å². The fraction of sp³-hybridized carbons (Fsp3) is 0.588. The summed E-state index contributed by atoms with van der Waals surface area (Å²) in [5.41, 5.74) is -0.364. The molecule has 0 spiro atoms. The summed E-state index contributed by atoms with van der Waals surface area (Å²) in [5, 5.41) is 0. The summed E-state index contributed by atoms with van der Waals surface area (Å²) >= 11 is 6.96. The minimum Gasteiger partial charge on any atom is -0.377 e. The molecule has 0 aromatic carbocycles. The third kappa shape index (κ3) is 4.08. The van der Waals surface area contributed by atoms with Gasteiger partial charge in [-0.05, 0) is 13.3 Å². The molecule has 0 amide bonds. The molecule has 0 aliphatic carbocycles. The predicted molar refractivity (Wildman–Crippen MR) is 104 cm³/mol. The second-order valence-electron chi connectivity index (χ2n) is 7.08. The van der Waals surface area contributed by atoms with Crippen LogP contribution in [0.25, 0.3) is 0 Å². The second-order valence-corrected chi connectivity index (χ2v) is 8.77. The molecule has 0 radical (unpaired) electrons. The molecule has 1 saturated heterocycles. The van der Waals surface area contributed by atoms with Crippen LogP contribution >= 0.6 is 22.9 Å². The first-order valence-corrected chi connectivity index (χ1v) is 10.3. The molecule has 1 fully saturated rings. The zero-order valence-electron chi connectivity index (χ0n) is 15.5. The van der Waals surface area contributed by atoms with Crippen molar-refractivity contribution in [1.82, 2.24) is 14.5 Å². The zero-order chi connectivity index (χ0) is 20.8. The van der Waals surface area contributed by atoms with Gasteiger partial charge in [-0.1, -0.05) is 11.6 Å². The molecule has 0 saturated carbocycles. The summed E-state index contributed by atoms with van der Waals surface area (Å²) in [4.78, 5) is 24.7. The number of rotatable bonds is 3. The standard InChI is InChI=1S/C17H19ClF3N5O2S/c1-10-9-28-5-4-24(10)13-6-14(27)25-3-2-12(17(19,20)21)26(16(25)23-13)8-11-7-22-15(18)29-11/h6-7,10,12H,2-5,8-9H2,1H3. The second kappa shape index (κ2) is 7.77. The SMILES string of the molecule is CC1COCCN1c1cc(=O)n2c(n1)N(Cc1cnc(Cl)s1)C(C(F)(F)F)CC2. The van der Waals surface area contributed by atoms with Gasteiger partial charge in [0.05, 0.1) is 25.8 Å². The fourth-order valence-corrected chi connectivity index (χ4v) is 4.70. The smallest absolute Gasteiger partial charge is 0.377 e. The van der Waals surface area contributed by atoms with E-state index in [1.165, 1.54) is 16.8 Å². The molecular formula is C17H19ClF3N5O2S. The Morgan fingerprint density at radius 2 is 2.17 bits per heavy atom. The van der Waals surface area contributed by atoms with Gasteiger partial charge in [0, 0.05) is 30.2 Å². The van der Waals surface area contributed by atoms with Crippen LogP contribution in [-0.2, 0) is 17.8 Å². The highest BCUT2D eigenvalue weighted by molar-refractivity contribution is 7.15. The molecule has 2 aromatic rings. The molecule has 12 heteroatoms. The van der Waals surface area contributed by atoms with E-state index in [4.69, 9.17) is 16.3 Å². The summed E-state index contributed by atoms with van der Waals surface area (Å²) in [6.07, 6.45) is -3.23. The number of nitrogens with zero attached hydrogens (tertiary/aromatic N) is 5. The molecule has 0 bridgehead atoms. The Bertz CT molecular complexity index is 950. The first-order valence-electron chi connectivity index (χ1n) is 9.14. The van der Waals surface area contributed by atoms with E-state index >= 15 is 0 Å². The minimum atomic E-state index is -4.46. The van der Waals surface area contributed by atoms with Crippen LogP contribution in [-0.4, -0.2) is 52.6 Å². The predicted octanol–water partition coefficient (Wildman–Crippen LogP) is 2.92. The Balaban J connectivity index is 1.78. The van der Waals surface area contributed by atoms with Crippen LogP contribution in [0.1, 0.15) is 18.2 Å². The van der Waals surface area contributed by atoms with Gasteiger partial charge in [0.15, 0.2) is 4.47 Å². The Morgan fingerprint density at radius 1 is 1.38 bits per heavy atom. The monoisotopic (exact) mass is 449 g/mol. The van der Waals surface area contributed by atoms with E-state index in [-0.39, 0.29) is 41.5 Å². The van der Waals surface area contributed by atoms with Gasteiger partial charge in [0.2, 0.25) is 5.95 Å². The number of morpholine rings is 1. The van der Waals surface area contributed by atoms with Crippen LogP contribution in [0.15, 0.2) is 17.1 Å². The van der Waals surface area contributed by atoms with Crippen LogP contribution in [0, 0.1) is 0 Å². The summed E-state index contributed by atoms with van der Waals surface area (Å²) in [6, 6.07) is -0.386. The molecule has 158 valence electrons. The molecule has 4 heterocycles. The number of aromatic nitrogens is 3. The summed E-state index contributed by atoms with van der Waals surface area (Å²) in [5.74, 6) is 0.386. The van der Waals surface area contributed by atoms with Gasteiger partial charge in [-0.2, -0.15) is 18.2 Å². The van der Waals surface area contributed by atoms with Gasteiger partial charge in [0.25, 0.3) is 5.56 Å². The van der Waals surface area contributed by atoms with Gasteiger partial charge in [-0.3, -0.25) is 9.36 Å². The van der Waals surface area contributed by atoms with Crippen LogP contribution in [0.4, 0.5) is 24.9 Å². The van der Waals surface area contributed by atoms with E-state index in [0.29, 0.717) is 30.5 Å². The third-order valence-electron chi connectivity index (χ3n) is 5.13. The van der Waals surface area contributed by atoms with Crippen molar-refractivity contribution in [2.45, 2.75) is 44.7 Å². The van der Waals surface area contributed by atoms with Crippen LogP contribution in [0.3, 0.4) is 0 Å². The quantitative estimate of drug-likeness (QED) is 0.718. The van der Waals surface area contributed by atoms with Gasteiger partial charge in [0.1, 0.15) is 11.9 Å². The first-order chi connectivity index (χ1) is 13.7. The largest absolute Gasteiger partial charge is 0.408 e. The molecule has 2 aliphatic rings. The van der Waals surface area contributed by atoms with Crippen molar-refractivity contribution in [3.05, 3.63) is 32.0 Å². The van der Waals surface area contributed by atoms with Gasteiger partial charge >= 0.3 is 6.18 Å². The van der Waals surface area contributed by atoms with Crippen molar-refractivity contribution >= 4 is 34.7 Å². The molecule has 2 aromatic heterocycles. The van der Waals surface area contributed by atoms with E-state index in [9.17, 15) is 18.0 Å². The Labute approximate surface area is 173 Å². The van der Waals surface area contributed by atoms with E-state index < -0.39 is 12.2 Å². The van der Waals surface area contributed by atoms with E-state index in [1.807, 2.05) is 11.8 Å². The van der Waals surface area contributed by atoms with Gasteiger partial charge in [-0.25, -0.2) is 4.98 Å². The highest BCUT2D eigenvalue weighted by Gasteiger charge is 2.47. The van der Waals surface area contributed by atoms with Crippen LogP contribution in [0.5, 0.6) is 0 Å². The van der Waals surface area contributed by atoms with Crippen LogP contribution < -0.4 is 15.4 Å². The average Bonchev–Trinajstić information content (AvgIpc) is 3.06. The molecule has 0 N–H and O–H groups in total. The van der Waals surface area contributed by atoms with Crippen LogP contribution in [0.2, 0.25) is 4.47 Å². The molecule has 2 aliphatic heterocycles. The summed E-state index contributed by atoms with van der Waals surface area (Å²) in [7, 11) is 0. The summed E-state index contributed by atoms with van der Waals surface area (Å²) < 4.78 is 48.3. The molecule has 7 nitrogen and oxygen atoms in total. The van der Waals surface area contributed by atoms with E-state index in [2.05, 4.69) is 9.97 Å². The highest BCUT2D eigenvalue weighted by Crippen LogP contribution is 2.36. The molecule has 2 atom stereocenters. The highest BCUT2D eigenvalue weighted by atomic mass is 35.5. The van der Waals surface area contributed by atoms with Crippen molar-refractivity contribution in [3.63, 3.8) is 0 Å². The van der Waals surface area contributed by atoms with Crippen molar-refractivity contribution in [1.29, 1.82) is 0 Å². The molecule has 29 heavy (non-hydrogen) atoms. The lowest BCUT2D eigenvalue weighted by molar-refractivity contribution is -0.153. The zero-order valence-corrected chi connectivity index (χ0v) is 17.1. The maximum absolute atomic E-state index is 13.8. The first kappa shape index (κ1) is 20.4. The Morgan fingerprint density at radius 3 is 2.83 bits per heavy atom. The number of fused-ring (bicyclic) bond motifs is 1. The molecule has 2 unspecified atom stereocenters. The normalized spacial score (nSPS) is 22.7. The van der Waals surface area contributed by atoms with Crippen molar-refractivity contribution in [2.24, 2.45) is 0 Å². The number of hydrogen-bond donors (Lipinski definition) is 0. The average molecular weight is 450 g/mol. The Hall–Kier alpha value is -1.85. The summed E-state index contributed by atoms with van der Waals surface area (Å²) in [6.45, 7) is 3.26. The van der Waals surface area contributed by atoms with Crippen molar-refractivity contribution in [3.8, 4) is 0 Å². The molecular weight excluding hydrogens is 431 g/mol. The third-order valence-corrected chi connectivity index (χ3v) is 6.22. The van der Waals surface area contributed by atoms with Gasteiger partial charge in [-0.15, -0.1) is 11.3 Å². The van der Waals surface area contributed by atoms with E-state index in [0.717, 1.165) is 16.2 Å². The molecule has 4 rings (SSSR count). The number of hydrogen-bond acceptors (Lipinski definition) is 7. The number of ether oxygens (including phenoxy) is 1. The van der Waals surface area contributed by atoms with Crippen molar-refractivity contribution in [2.75, 3.05) is 29.6 Å². The van der Waals surface area contributed by atoms with Gasteiger partial charge < -0.3 is 14.5 Å². The number of anilines is 2. The minimum absolute atomic E-state index is 0.0179. The topological polar surface area (TPSA) is 63.5 Å². The maximum atomic E-state index is 13.8. The number of alkyl halides is 3. The number of thiazole rings is 1.